The Balaban J connectivity index is 4.23. The van der Waals surface area contributed by atoms with Crippen LogP contribution in [0.1, 0.15) is 0 Å². The SMILES string of the molecule is CO[Si](C)(C)C=C[Si](C)(C)CO. The maximum atomic E-state index is 9.05. The van der Waals surface area contributed by atoms with Crippen molar-refractivity contribution < 1.29 is 9.53 Å². The molecule has 0 heterocycles. The van der Waals surface area contributed by atoms with Gasteiger partial charge in [0.2, 0.25) is 8.32 Å². The Morgan fingerprint density at radius 1 is 1.17 bits per heavy atom. The van der Waals surface area contributed by atoms with Gasteiger partial charge in [-0.25, -0.2) is 0 Å². The van der Waals surface area contributed by atoms with Crippen LogP contribution in [0.15, 0.2) is 11.4 Å². The third kappa shape index (κ3) is 4.87. The molecule has 0 aromatic heterocycles. The lowest BCUT2D eigenvalue weighted by Crippen LogP contribution is -2.32. The van der Waals surface area contributed by atoms with E-state index in [1.807, 2.05) is 0 Å². The summed E-state index contributed by atoms with van der Waals surface area (Å²) in [5.74, 6) is 0. The van der Waals surface area contributed by atoms with Gasteiger partial charge in [-0.05, 0) is 13.1 Å². The molecule has 12 heavy (non-hydrogen) atoms. The molecule has 1 N–H and O–H groups in total. The predicted molar refractivity (Wildman–Crippen MR) is 58.2 cm³/mol. The summed E-state index contributed by atoms with van der Waals surface area (Å²) in [5.41, 5.74) is 4.36. The number of hydrogen-bond donors (Lipinski definition) is 1. The molecule has 0 atom stereocenters. The van der Waals surface area contributed by atoms with Gasteiger partial charge in [0, 0.05) is 13.3 Å². The summed E-state index contributed by atoms with van der Waals surface area (Å²) in [7, 11) is -1.28. The highest BCUT2D eigenvalue weighted by atomic mass is 28.4. The maximum absolute atomic E-state index is 9.05. The number of aliphatic hydroxyl groups excluding tert-OH is 1. The van der Waals surface area contributed by atoms with E-state index in [9.17, 15) is 0 Å². The Morgan fingerprint density at radius 3 is 2.00 bits per heavy atom. The second kappa shape index (κ2) is 4.36. The van der Waals surface area contributed by atoms with E-state index in [1.165, 1.54) is 0 Å². The molecular formula is C8H20O2Si2. The lowest BCUT2D eigenvalue weighted by Gasteiger charge is -2.18. The molecule has 0 aliphatic rings. The van der Waals surface area contributed by atoms with Gasteiger partial charge in [-0.1, -0.05) is 24.5 Å². The number of hydrogen-bond acceptors (Lipinski definition) is 2. The van der Waals surface area contributed by atoms with Crippen molar-refractivity contribution in [1.29, 1.82) is 0 Å². The monoisotopic (exact) mass is 204 g/mol. The van der Waals surface area contributed by atoms with E-state index in [-0.39, 0.29) is 0 Å². The normalized spacial score (nSPS) is 14.2. The predicted octanol–water partition coefficient (Wildman–Crippen LogP) is 1.71. The first-order chi connectivity index (χ1) is 5.33. The lowest BCUT2D eigenvalue weighted by atomic mass is 11.2. The van der Waals surface area contributed by atoms with Crippen LogP contribution < -0.4 is 0 Å². The van der Waals surface area contributed by atoms with Gasteiger partial charge in [0.1, 0.15) is 0 Å². The molecule has 0 amide bonds. The molecule has 0 aromatic carbocycles. The van der Waals surface area contributed by atoms with Crippen molar-refractivity contribution in [1.82, 2.24) is 0 Å². The van der Waals surface area contributed by atoms with Gasteiger partial charge in [0.15, 0.2) is 0 Å². The van der Waals surface area contributed by atoms with E-state index < -0.39 is 16.4 Å². The summed E-state index contributed by atoms with van der Waals surface area (Å²) in [4.78, 5) is 0. The van der Waals surface area contributed by atoms with Gasteiger partial charge >= 0.3 is 0 Å². The van der Waals surface area contributed by atoms with Crippen LogP contribution in [0.25, 0.3) is 0 Å². The molecule has 0 radical (unpaired) electrons. The summed E-state index contributed by atoms with van der Waals surface area (Å²) in [5, 5.41) is 9.05. The quantitative estimate of drug-likeness (QED) is 0.707. The van der Waals surface area contributed by atoms with Crippen molar-refractivity contribution in [3.63, 3.8) is 0 Å². The summed E-state index contributed by atoms with van der Waals surface area (Å²) in [6.07, 6.45) is 0.317. The van der Waals surface area contributed by atoms with E-state index in [0.717, 1.165) is 0 Å². The smallest absolute Gasteiger partial charge is 0.209 e. The minimum Gasteiger partial charge on any atom is -0.417 e. The fourth-order valence-electron chi connectivity index (χ4n) is 0.547. The van der Waals surface area contributed by atoms with Gasteiger partial charge in [-0.2, -0.15) is 0 Å². The first-order valence-corrected chi connectivity index (χ1v) is 10.5. The van der Waals surface area contributed by atoms with Crippen LogP contribution in [0.2, 0.25) is 26.2 Å². The minimum atomic E-state index is -1.56. The molecule has 0 aliphatic carbocycles. The molecule has 0 fully saturated rings. The van der Waals surface area contributed by atoms with Crippen molar-refractivity contribution in [2.45, 2.75) is 26.2 Å². The first-order valence-electron chi connectivity index (χ1n) is 4.19. The standard InChI is InChI=1S/C8H20O2Si2/c1-10-12(4,5)7-6-11(2,3)8-9/h6-7,9H,8H2,1-5H3. The highest BCUT2D eigenvalue weighted by Gasteiger charge is 2.20. The van der Waals surface area contributed by atoms with Crippen LogP contribution in [-0.2, 0) is 4.43 Å². The zero-order chi connectivity index (χ0) is 9.83. The molecule has 0 saturated heterocycles. The summed E-state index contributed by atoms with van der Waals surface area (Å²) in [6, 6.07) is 0. The first kappa shape index (κ1) is 12.1. The minimum absolute atomic E-state index is 0.317. The molecule has 0 unspecified atom stereocenters. The van der Waals surface area contributed by atoms with Gasteiger partial charge in [0.05, 0.1) is 8.07 Å². The Hall–Kier alpha value is 0.0938. The molecule has 72 valence electrons. The van der Waals surface area contributed by atoms with Crippen molar-refractivity contribution in [2.75, 3.05) is 13.3 Å². The van der Waals surface area contributed by atoms with Crippen LogP contribution in [0.5, 0.6) is 0 Å². The second-order valence-corrected chi connectivity index (χ2v) is 12.9. The van der Waals surface area contributed by atoms with Gasteiger partial charge in [0.25, 0.3) is 0 Å². The van der Waals surface area contributed by atoms with E-state index in [0.29, 0.717) is 6.23 Å². The van der Waals surface area contributed by atoms with E-state index in [4.69, 9.17) is 9.53 Å². The lowest BCUT2D eigenvalue weighted by molar-refractivity contribution is 0.360. The van der Waals surface area contributed by atoms with Gasteiger partial charge in [-0.3, -0.25) is 0 Å². The second-order valence-electron chi connectivity index (χ2n) is 4.29. The molecule has 0 rings (SSSR count). The fourth-order valence-corrected chi connectivity index (χ4v) is 4.20. The van der Waals surface area contributed by atoms with Crippen molar-refractivity contribution >= 4 is 16.4 Å². The van der Waals surface area contributed by atoms with Crippen LogP contribution >= 0.6 is 0 Å². The average Bonchev–Trinajstić information content (AvgIpc) is 2.02. The van der Waals surface area contributed by atoms with E-state index in [2.05, 4.69) is 37.6 Å². The third-order valence-electron chi connectivity index (χ3n) is 1.87. The largest absolute Gasteiger partial charge is 0.417 e. The van der Waals surface area contributed by atoms with Crippen molar-refractivity contribution in [3.8, 4) is 0 Å². The average molecular weight is 204 g/mol. The number of aliphatic hydroxyl groups is 1. The van der Waals surface area contributed by atoms with Crippen molar-refractivity contribution in [2.24, 2.45) is 0 Å². The molecular weight excluding hydrogens is 184 g/mol. The van der Waals surface area contributed by atoms with Crippen LogP contribution in [0, 0.1) is 0 Å². The summed E-state index contributed by atoms with van der Waals surface area (Å²) < 4.78 is 5.37. The molecule has 0 saturated carbocycles. The summed E-state index contributed by atoms with van der Waals surface area (Å²) in [6.45, 7) is 8.57. The van der Waals surface area contributed by atoms with Crippen LogP contribution in [0.4, 0.5) is 0 Å². The number of rotatable bonds is 4. The Kier molecular flexibility index (Phi) is 4.40. The zero-order valence-corrected chi connectivity index (χ0v) is 10.7. The zero-order valence-electron chi connectivity index (χ0n) is 8.72. The molecule has 2 nitrogen and oxygen atoms in total. The highest BCUT2D eigenvalue weighted by molar-refractivity contribution is 6.85. The molecule has 0 aliphatic heterocycles. The topological polar surface area (TPSA) is 29.5 Å². The third-order valence-corrected chi connectivity index (χ3v) is 6.11. The Morgan fingerprint density at radius 2 is 1.67 bits per heavy atom. The molecule has 4 heteroatoms. The Labute approximate surface area is 77.4 Å². The highest BCUT2D eigenvalue weighted by Crippen LogP contribution is 2.09. The van der Waals surface area contributed by atoms with Crippen molar-refractivity contribution in [3.05, 3.63) is 11.4 Å². The summed E-state index contributed by atoms with van der Waals surface area (Å²) >= 11 is 0. The van der Waals surface area contributed by atoms with Gasteiger partial charge in [-0.15, -0.1) is 0 Å². The van der Waals surface area contributed by atoms with Crippen LogP contribution in [-0.4, -0.2) is 34.8 Å². The molecule has 0 spiro atoms. The van der Waals surface area contributed by atoms with Crippen LogP contribution in [0.3, 0.4) is 0 Å². The fraction of sp³-hybridized carbons (Fsp3) is 0.750. The maximum Gasteiger partial charge on any atom is 0.209 e. The van der Waals surface area contributed by atoms with E-state index >= 15 is 0 Å². The molecule has 0 bridgehead atoms. The van der Waals surface area contributed by atoms with Gasteiger partial charge < -0.3 is 9.53 Å². The van der Waals surface area contributed by atoms with E-state index in [1.54, 1.807) is 7.11 Å². The Bertz CT molecular complexity index is 146. The molecule has 0 aromatic rings.